The second-order valence-corrected chi connectivity index (χ2v) is 18.0. The summed E-state index contributed by atoms with van der Waals surface area (Å²) in [5, 5.41) is 25.0. The third-order valence-electron chi connectivity index (χ3n) is 11.4. The first kappa shape index (κ1) is 45.4. The van der Waals surface area contributed by atoms with Crippen LogP contribution in [0.15, 0.2) is 41.9 Å². The zero-order valence-corrected chi connectivity index (χ0v) is 36.3. The maximum absolute atomic E-state index is 14.6. The third kappa shape index (κ3) is 11.6. The molecule has 3 aliphatic rings. The molecule has 2 aromatic carbocycles. The van der Waals surface area contributed by atoms with Gasteiger partial charge in [0.25, 0.3) is 17.7 Å². The molecule has 0 spiro atoms. The van der Waals surface area contributed by atoms with Gasteiger partial charge >= 0.3 is 0 Å². The van der Waals surface area contributed by atoms with Crippen molar-refractivity contribution in [3.05, 3.63) is 64.3 Å². The molecule has 2 heterocycles. The number of hydrogen-bond donors (Lipinski definition) is 6. The molecular formula is C44H58FN7O8S. The molecular weight excluding hydrogens is 806 g/mol. The van der Waals surface area contributed by atoms with Gasteiger partial charge in [0.2, 0.25) is 11.8 Å². The van der Waals surface area contributed by atoms with Crippen molar-refractivity contribution in [2.24, 2.45) is 5.41 Å². The number of carbonyl (C=O) groups is 5. The van der Waals surface area contributed by atoms with Gasteiger partial charge in [-0.25, -0.2) is 9.37 Å². The zero-order valence-electron chi connectivity index (χ0n) is 35.5. The second kappa shape index (κ2) is 19.7. The number of likely N-dealkylation sites (tertiary alicyclic amines) is 1. The van der Waals surface area contributed by atoms with Crippen molar-refractivity contribution >= 4 is 40.9 Å². The molecule has 0 radical (unpaired) electrons. The van der Waals surface area contributed by atoms with Gasteiger partial charge in [-0.3, -0.25) is 24.0 Å². The van der Waals surface area contributed by atoms with Gasteiger partial charge in [0, 0.05) is 44.2 Å². The van der Waals surface area contributed by atoms with Crippen LogP contribution in [0, 0.1) is 12.3 Å². The Kier molecular flexibility index (Phi) is 14.7. The lowest BCUT2D eigenvalue weighted by Gasteiger charge is -2.35. The van der Waals surface area contributed by atoms with Crippen LogP contribution < -0.4 is 36.1 Å². The highest BCUT2D eigenvalue weighted by atomic mass is 32.1. The molecule has 2 fully saturated rings. The van der Waals surface area contributed by atoms with Crippen LogP contribution in [0.4, 0.5) is 4.39 Å². The number of aliphatic hydroxyl groups excluding tert-OH is 1. The molecule has 6 N–H and O–H groups in total. The number of nitrogens with one attached hydrogen (secondary N) is 5. The summed E-state index contributed by atoms with van der Waals surface area (Å²) in [5.41, 5.74) is 3.67. The number of ether oxygens (including phenoxy) is 2. The number of alkyl halides is 1. The third-order valence-corrected chi connectivity index (χ3v) is 12.4. The molecule has 0 bridgehead atoms. The summed E-state index contributed by atoms with van der Waals surface area (Å²) < 4.78 is 26.3. The fourth-order valence-corrected chi connectivity index (χ4v) is 8.45. The number of aryl methyl sites for hydroxylation is 2. The summed E-state index contributed by atoms with van der Waals surface area (Å²) in [4.78, 5) is 72.0. The van der Waals surface area contributed by atoms with E-state index in [0.29, 0.717) is 49.0 Å². The van der Waals surface area contributed by atoms with E-state index in [9.17, 15) is 33.5 Å². The summed E-state index contributed by atoms with van der Waals surface area (Å²) in [5.74, 6) is -1.50. The fourth-order valence-electron chi connectivity index (χ4n) is 7.64. The molecule has 1 saturated heterocycles. The average Bonchev–Trinajstić information content (AvgIpc) is 3.50. The van der Waals surface area contributed by atoms with Crippen LogP contribution in [0.3, 0.4) is 0 Å². The Labute approximate surface area is 359 Å². The number of unbranched alkanes of at least 4 members (excludes halogenated alkanes) is 1. The highest BCUT2D eigenvalue weighted by Gasteiger charge is 2.53. The minimum absolute atomic E-state index is 0.0168. The molecule has 1 aromatic heterocycles. The van der Waals surface area contributed by atoms with Crippen molar-refractivity contribution in [2.45, 2.75) is 109 Å². The van der Waals surface area contributed by atoms with Crippen LogP contribution in [0.5, 0.6) is 11.5 Å². The Morgan fingerprint density at radius 3 is 2.34 bits per heavy atom. The van der Waals surface area contributed by atoms with E-state index in [2.05, 4.69) is 37.6 Å². The van der Waals surface area contributed by atoms with Gasteiger partial charge in [0.15, 0.2) is 18.9 Å². The number of aromatic nitrogens is 1. The van der Waals surface area contributed by atoms with Gasteiger partial charge in [-0.1, -0.05) is 39.0 Å². The number of carbonyl (C=O) groups excluding carboxylic acids is 5. The number of β-amino-alcohol motifs (C(OH)–C–C–N with tert-alkyl or cyclic N) is 1. The van der Waals surface area contributed by atoms with E-state index in [1.165, 1.54) is 27.4 Å². The number of fused-ring (bicyclic) bond motifs is 1. The van der Waals surface area contributed by atoms with E-state index < -0.39 is 47.0 Å². The predicted octanol–water partition coefficient (Wildman–Crippen LogP) is 3.41. The molecule has 17 heteroatoms. The summed E-state index contributed by atoms with van der Waals surface area (Å²) in [6.07, 6.45) is 2.52. The van der Waals surface area contributed by atoms with Crippen molar-refractivity contribution in [1.82, 2.24) is 36.5 Å². The van der Waals surface area contributed by atoms with Gasteiger partial charge < -0.3 is 46.1 Å². The van der Waals surface area contributed by atoms with E-state index in [1.807, 2.05) is 32.2 Å². The Hall–Kier alpha value is -5.13. The van der Waals surface area contributed by atoms with Crippen LogP contribution >= 0.6 is 11.3 Å². The van der Waals surface area contributed by atoms with Crippen LogP contribution in [-0.4, -0.2) is 108 Å². The lowest BCUT2D eigenvalue weighted by molar-refractivity contribution is -0.145. The summed E-state index contributed by atoms with van der Waals surface area (Å²) in [6, 6.07) is 9.52. The Bertz CT molecular complexity index is 2090. The predicted molar refractivity (Wildman–Crippen MR) is 228 cm³/mol. The molecule has 3 aromatic rings. The molecule has 2 aliphatic carbocycles. The van der Waals surface area contributed by atoms with E-state index in [4.69, 9.17) is 9.47 Å². The lowest BCUT2D eigenvalue weighted by atomic mass is 9.85. The average molecular weight is 864 g/mol. The minimum atomic E-state index is -1.99. The van der Waals surface area contributed by atoms with Gasteiger partial charge in [0.1, 0.15) is 23.6 Å². The molecule has 6 rings (SSSR count). The summed E-state index contributed by atoms with van der Waals surface area (Å²) in [7, 11) is 1.94. The SMILES string of the molecule is CN[C@@H]1CCc2ccc(OCC(=O)NCCCCNC(=O)COc3cc(-c4scnc4C)ccc3CNC(=O)[C@@H]3C[C@@H](O)CN3C(=O)C(NC(=O)C3(F)CC3)C(C)(C)C)cc21. The number of nitrogens with zero attached hydrogens (tertiary/aromatic N) is 2. The molecule has 1 aliphatic heterocycles. The Morgan fingerprint density at radius 1 is 1.00 bits per heavy atom. The van der Waals surface area contributed by atoms with Crippen LogP contribution in [0.1, 0.15) is 87.7 Å². The Morgan fingerprint density at radius 2 is 1.70 bits per heavy atom. The summed E-state index contributed by atoms with van der Waals surface area (Å²) in [6.45, 7) is 7.39. The van der Waals surface area contributed by atoms with Gasteiger partial charge in [-0.2, -0.15) is 0 Å². The van der Waals surface area contributed by atoms with Crippen molar-refractivity contribution < 1.29 is 42.9 Å². The van der Waals surface area contributed by atoms with Gasteiger partial charge in [-0.05, 0) is 92.8 Å². The van der Waals surface area contributed by atoms with Crippen molar-refractivity contribution in [1.29, 1.82) is 0 Å². The van der Waals surface area contributed by atoms with Crippen molar-refractivity contribution in [3.63, 3.8) is 0 Å². The van der Waals surface area contributed by atoms with Gasteiger partial charge in [0.05, 0.1) is 22.2 Å². The number of thiazole rings is 1. The van der Waals surface area contributed by atoms with Gasteiger partial charge in [-0.15, -0.1) is 11.3 Å². The molecule has 15 nitrogen and oxygen atoms in total. The normalized spacial score (nSPS) is 19.4. The highest BCUT2D eigenvalue weighted by molar-refractivity contribution is 7.13. The first-order valence-corrected chi connectivity index (χ1v) is 21.8. The number of hydrogen-bond acceptors (Lipinski definition) is 11. The zero-order chi connectivity index (χ0) is 43.9. The first-order valence-electron chi connectivity index (χ1n) is 20.9. The summed E-state index contributed by atoms with van der Waals surface area (Å²) >= 11 is 1.46. The van der Waals surface area contributed by atoms with E-state index >= 15 is 0 Å². The minimum Gasteiger partial charge on any atom is -0.484 e. The number of halogens is 1. The van der Waals surface area contributed by atoms with Crippen molar-refractivity contribution in [2.75, 3.05) is 39.9 Å². The maximum atomic E-state index is 14.6. The number of aliphatic hydroxyl groups is 1. The molecule has 5 amide bonds. The monoisotopic (exact) mass is 863 g/mol. The number of benzene rings is 2. The standard InChI is InChI=1S/C44H58FN7O8S/c1-26-38(61-25-50-26)28-8-9-29(21-49-40(56)34-19-30(53)22-52(34)41(57)39(43(2,3)4)51-42(58)44(45)14-15-44)35(18-28)60-24-37(55)48-17-7-6-16-47-36(54)23-59-31-12-10-27-11-13-33(46-5)32(27)20-31/h8-10,12,18,20,25,30,33-34,39,46,53H,6-7,11,13-17,19,21-24H2,1-5H3,(H,47,54)(H,48,55)(H,49,56)(H,51,58)/t30-,33-,34+,39?/m1/s1. The second-order valence-electron chi connectivity index (χ2n) is 17.2. The topological polar surface area (TPSA) is 200 Å². The van der Waals surface area contributed by atoms with Crippen LogP contribution in [-0.2, 0) is 36.9 Å². The number of amides is 5. The highest BCUT2D eigenvalue weighted by Crippen LogP contribution is 2.41. The quantitative estimate of drug-likeness (QED) is 0.0972. The molecule has 61 heavy (non-hydrogen) atoms. The van der Waals surface area contributed by atoms with E-state index in [-0.39, 0.29) is 57.4 Å². The number of rotatable bonds is 19. The Balaban J connectivity index is 0.982. The van der Waals surface area contributed by atoms with Crippen molar-refractivity contribution in [3.8, 4) is 21.9 Å². The fraction of sp³-hybridized carbons (Fsp3) is 0.545. The lowest BCUT2D eigenvalue weighted by Crippen LogP contribution is -2.59. The maximum Gasteiger partial charge on any atom is 0.258 e. The molecule has 1 unspecified atom stereocenters. The molecule has 4 atom stereocenters. The molecule has 1 saturated carbocycles. The largest absolute Gasteiger partial charge is 0.484 e. The smallest absolute Gasteiger partial charge is 0.258 e. The first-order chi connectivity index (χ1) is 29.1. The van der Waals surface area contributed by atoms with Crippen LogP contribution in [0.25, 0.3) is 10.4 Å². The van der Waals surface area contributed by atoms with E-state index in [0.717, 1.165) is 29.0 Å². The van der Waals surface area contributed by atoms with Crippen LogP contribution in [0.2, 0.25) is 0 Å². The van der Waals surface area contributed by atoms with E-state index in [1.54, 1.807) is 38.4 Å². The molecule has 330 valence electrons.